The van der Waals surface area contributed by atoms with Gasteiger partial charge in [-0.2, -0.15) is 0 Å². The Bertz CT molecular complexity index is 1200. The van der Waals surface area contributed by atoms with Gasteiger partial charge in [-0.1, -0.05) is 36.4 Å². The average molecular weight is 399 g/mol. The Labute approximate surface area is 175 Å². The van der Waals surface area contributed by atoms with Crippen molar-refractivity contribution in [3.63, 3.8) is 0 Å². The number of anilines is 1. The van der Waals surface area contributed by atoms with Crippen molar-refractivity contribution in [1.82, 2.24) is 9.88 Å². The van der Waals surface area contributed by atoms with E-state index in [2.05, 4.69) is 59.6 Å². The molecular formula is C25H25N3O2. The lowest BCUT2D eigenvalue weighted by molar-refractivity contribution is 0.425. The highest BCUT2D eigenvalue weighted by Gasteiger charge is 2.07. The van der Waals surface area contributed by atoms with Crippen LogP contribution in [0.25, 0.3) is 22.0 Å². The van der Waals surface area contributed by atoms with Crippen molar-refractivity contribution in [2.45, 2.75) is 0 Å². The maximum Gasteiger partial charge on any atom is 0.252 e. The van der Waals surface area contributed by atoms with Crippen molar-refractivity contribution in [1.29, 1.82) is 0 Å². The highest BCUT2D eigenvalue weighted by molar-refractivity contribution is 5.85. The van der Waals surface area contributed by atoms with Crippen LogP contribution in [0.5, 0.6) is 11.5 Å². The zero-order valence-electron chi connectivity index (χ0n) is 17.2. The number of H-pyrrole nitrogens is 1. The molecule has 0 aliphatic carbocycles. The predicted molar refractivity (Wildman–Crippen MR) is 124 cm³/mol. The number of fused-ring (bicyclic) bond motifs is 1. The van der Waals surface area contributed by atoms with Gasteiger partial charge in [-0.15, -0.1) is 0 Å². The molecule has 5 nitrogen and oxygen atoms in total. The molecule has 0 atom stereocenters. The van der Waals surface area contributed by atoms with E-state index in [9.17, 15) is 4.79 Å². The van der Waals surface area contributed by atoms with E-state index in [-0.39, 0.29) is 5.56 Å². The van der Waals surface area contributed by atoms with Crippen LogP contribution in [-0.2, 0) is 0 Å². The molecule has 5 heteroatoms. The summed E-state index contributed by atoms with van der Waals surface area (Å²) in [5, 5.41) is 4.29. The van der Waals surface area contributed by atoms with E-state index in [1.807, 2.05) is 42.5 Å². The van der Waals surface area contributed by atoms with Gasteiger partial charge in [0.05, 0.1) is 5.52 Å². The van der Waals surface area contributed by atoms with Gasteiger partial charge in [0.15, 0.2) is 0 Å². The molecule has 30 heavy (non-hydrogen) atoms. The van der Waals surface area contributed by atoms with E-state index in [0.717, 1.165) is 40.8 Å². The van der Waals surface area contributed by atoms with Crippen LogP contribution < -0.4 is 15.6 Å². The number of ether oxygens (including phenoxy) is 1. The van der Waals surface area contributed by atoms with Gasteiger partial charge in [0.25, 0.3) is 5.56 Å². The first-order chi connectivity index (χ1) is 14.6. The maximum absolute atomic E-state index is 12.0. The first-order valence-electron chi connectivity index (χ1n) is 9.97. The summed E-state index contributed by atoms with van der Waals surface area (Å²) in [6.45, 7) is 1.89. The van der Waals surface area contributed by atoms with Crippen LogP contribution in [0.3, 0.4) is 0 Å². The topological polar surface area (TPSA) is 57.4 Å². The number of nitrogens with zero attached hydrogens (tertiary/aromatic N) is 1. The lowest BCUT2D eigenvalue weighted by Gasteiger charge is -2.12. The van der Waals surface area contributed by atoms with Crippen molar-refractivity contribution >= 4 is 16.6 Å². The normalized spacial score (nSPS) is 11.0. The average Bonchev–Trinajstić information content (AvgIpc) is 2.74. The Morgan fingerprint density at radius 3 is 2.50 bits per heavy atom. The molecule has 0 aliphatic rings. The molecule has 0 radical (unpaired) electrons. The van der Waals surface area contributed by atoms with Gasteiger partial charge in [-0.05, 0) is 61.6 Å². The summed E-state index contributed by atoms with van der Waals surface area (Å²) in [6.07, 6.45) is 0. The summed E-state index contributed by atoms with van der Waals surface area (Å²) in [6, 6.07) is 25.4. The largest absolute Gasteiger partial charge is 0.456 e. The molecular weight excluding hydrogens is 374 g/mol. The maximum atomic E-state index is 12.0. The van der Waals surface area contributed by atoms with Crippen molar-refractivity contribution in [2.75, 3.05) is 32.5 Å². The molecule has 2 N–H and O–H groups in total. The Morgan fingerprint density at radius 1 is 0.900 bits per heavy atom. The van der Waals surface area contributed by atoms with E-state index in [0.29, 0.717) is 11.5 Å². The second kappa shape index (κ2) is 8.84. The quantitative estimate of drug-likeness (QED) is 0.461. The third-order valence-corrected chi connectivity index (χ3v) is 4.88. The minimum Gasteiger partial charge on any atom is -0.456 e. The molecule has 4 rings (SSSR count). The Balaban J connectivity index is 1.54. The monoisotopic (exact) mass is 399 g/mol. The molecule has 0 unspecified atom stereocenters. The Hall–Kier alpha value is -3.57. The van der Waals surface area contributed by atoms with Gasteiger partial charge in [0.2, 0.25) is 0 Å². The molecule has 0 saturated heterocycles. The fourth-order valence-corrected chi connectivity index (χ4v) is 3.33. The summed E-state index contributed by atoms with van der Waals surface area (Å²) in [5.74, 6) is 1.24. The number of nitrogens with one attached hydrogen (secondary N) is 2. The van der Waals surface area contributed by atoms with Crippen molar-refractivity contribution in [3.8, 4) is 22.6 Å². The lowest BCUT2D eigenvalue weighted by atomic mass is 10.1. The van der Waals surface area contributed by atoms with E-state index >= 15 is 0 Å². The minimum absolute atomic E-state index is 0.183. The number of rotatable bonds is 7. The van der Waals surface area contributed by atoms with Gasteiger partial charge in [-0.25, -0.2) is 0 Å². The molecule has 1 heterocycles. The van der Waals surface area contributed by atoms with Gasteiger partial charge < -0.3 is 19.9 Å². The Kier molecular flexibility index (Phi) is 5.82. The molecule has 0 bridgehead atoms. The molecule has 0 spiro atoms. The number of para-hydroxylation sites is 1. The van der Waals surface area contributed by atoms with Crippen molar-refractivity contribution in [2.24, 2.45) is 0 Å². The summed E-state index contributed by atoms with van der Waals surface area (Å²) < 4.78 is 6.10. The van der Waals surface area contributed by atoms with Crippen LogP contribution >= 0.6 is 0 Å². The third-order valence-electron chi connectivity index (χ3n) is 4.88. The fourth-order valence-electron chi connectivity index (χ4n) is 3.33. The molecule has 152 valence electrons. The smallest absolute Gasteiger partial charge is 0.252 e. The van der Waals surface area contributed by atoms with E-state index in [4.69, 9.17) is 4.74 Å². The van der Waals surface area contributed by atoms with E-state index < -0.39 is 0 Å². The highest BCUT2D eigenvalue weighted by atomic mass is 16.5. The van der Waals surface area contributed by atoms with Crippen LogP contribution in [0.15, 0.2) is 83.7 Å². The second-order valence-electron chi connectivity index (χ2n) is 7.48. The number of hydrogen-bond acceptors (Lipinski definition) is 4. The standard InChI is InChI=1S/C25H25N3O2/c1-28(2)15-14-26-20-12-10-18(11-13-20)19-6-5-7-21(16-19)30-24-17-25(29)27-23-9-4-3-8-22(23)24/h3-13,16-17,26H,14-15H2,1-2H3,(H,27,29). The summed E-state index contributed by atoms with van der Waals surface area (Å²) in [4.78, 5) is 17.0. The van der Waals surface area contributed by atoms with Crippen molar-refractivity contribution < 1.29 is 4.74 Å². The Morgan fingerprint density at radius 2 is 1.70 bits per heavy atom. The highest BCUT2D eigenvalue weighted by Crippen LogP contribution is 2.30. The number of aromatic nitrogens is 1. The molecule has 3 aromatic carbocycles. The third kappa shape index (κ3) is 4.70. The van der Waals surface area contributed by atoms with Gasteiger partial charge in [-0.3, -0.25) is 4.79 Å². The van der Waals surface area contributed by atoms with Gasteiger partial charge >= 0.3 is 0 Å². The van der Waals surface area contributed by atoms with Crippen molar-refractivity contribution in [3.05, 3.63) is 89.2 Å². The van der Waals surface area contributed by atoms with Crippen LogP contribution in [0.4, 0.5) is 5.69 Å². The van der Waals surface area contributed by atoms with Crippen LogP contribution in [0.2, 0.25) is 0 Å². The first-order valence-corrected chi connectivity index (χ1v) is 9.97. The zero-order valence-corrected chi connectivity index (χ0v) is 17.2. The van der Waals surface area contributed by atoms with Gasteiger partial charge in [0.1, 0.15) is 11.5 Å². The van der Waals surface area contributed by atoms with Gasteiger partial charge in [0, 0.05) is 30.2 Å². The first kappa shape index (κ1) is 19.7. The number of aromatic amines is 1. The number of hydrogen-bond donors (Lipinski definition) is 2. The number of likely N-dealkylation sites (N-methyl/N-ethyl adjacent to an activating group) is 1. The fraction of sp³-hybridized carbons (Fsp3) is 0.160. The molecule has 0 amide bonds. The van der Waals surface area contributed by atoms with E-state index in [1.165, 1.54) is 6.07 Å². The molecule has 4 aromatic rings. The van der Waals surface area contributed by atoms with E-state index in [1.54, 1.807) is 0 Å². The van der Waals surface area contributed by atoms with Crippen LogP contribution in [0.1, 0.15) is 0 Å². The zero-order chi connectivity index (χ0) is 20.9. The molecule has 0 saturated carbocycles. The number of pyridine rings is 1. The minimum atomic E-state index is -0.183. The molecule has 0 aliphatic heterocycles. The summed E-state index contributed by atoms with van der Waals surface area (Å²) in [7, 11) is 4.13. The molecule has 0 fully saturated rings. The van der Waals surface area contributed by atoms with Crippen LogP contribution in [0, 0.1) is 0 Å². The van der Waals surface area contributed by atoms with Crippen LogP contribution in [-0.4, -0.2) is 37.1 Å². The molecule has 1 aromatic heterocycles. The lowest BCUT2D eigenvalue weighted by Crippen LogP contribution is -2.20. The summed E-state index contributed by atoms with van der Waals surface area (Å²) >= 11 is 0. The SMILES string of the molecule is CN(C)CCNc1ccc(-c2cccc(Oc3cc(=O)[nH]c4ccccc34)c2)cc1. The summed E-state index contributed by atoms with van der Waals surface area (Å²) in [5.41, 5.74) is 3.84. The predicted octanol–water partition coefficient (Wildman–Crippen LogP) is 4.96. The number of benzene rings is 3. The second-order valence-corrected chi connectivity index (χ2v) is 7.48.